The van der Waals surface area contributed by atoms with E-state index in [0.29, 0.717) is 34.7 Å². The fourth-order valence-electron chi connectivity index (χ4n) is 4.26. The van der Waals surface area contributed by atoms with Gasteiger partial charge in [0.05, 0.1) is 19.2 Å². The van der Waals surface area contributed by atoms with Crippen LogP contribution in [0.15, 0.2) is 34.1 Å². The Balaban J connectivity index is 1.70. The van der Waals surface area contributed by atoms with E-state index in [1.54, 1.807) is 30.9 Å². The second kappa shape index (κ2) is 8.71. The third kappa shape index (κ3) is 4.06. The number of aryl methyl sites for hydroxylation is 2. The van der Waals surface area contributed by atoms with E-state index in [0.717, 1.165) is 36.2 Å². The van der Waals surface area contributed by atoms with Gasteiger partial charge in [-0.3, -0.25) is 9.52 Å². The molecule has 1 amide bonds. The molecule has 0 atom stereocenters. The molecule has 2 aromatic rings. The number of nitrogens with one attached hydrogen (secondary N) is 1. The van der Waals surface area contributed by atoms with Gasteiger partial charge in [-0.1, -0.05) is 12.1 Å². The predicted octanol–water partition coefficient (Wildman–Crippen LogP) is 3.68. The molecule has 1 aromatic heterocycles. The Morgan fingerprint density at radius 1 is 1.19 bits per heavy atom. The first-order valence-electron chi connectivity index (χ1n) is 10.5. The Morgan fingerprint density at radius 3 is 2.66 bits per heavy atom. The first-order valence-corrected chi connectivity index (χ1v) is 12.8. The molecule has 1 aromatic carbocycles. The van der Waals surface area contributed by atoms with Gasteiger partial charge in [0, 0.05) is 22.7 Å². The molecule has 2 aliphatic rings. The molecule has 0 saturated heterocycles. The number of hydrogen-bond donors (Lipinski definition) is 1. The van der Waals surface area contributed by atoms with Crippen molar-refractivity contribution in [2.24, 2.45) is 0 Å². The third-order valence-electron chi connectivity index (χ3n) is 6.07. The number of carbonyl (C=O) groups excluding carboxylic acids is 2. The number of methoxy groups -OCH3 is 1. The monoisotopic (exact) mass is 474 g/mol. The van der Waals surface area contributed by atoms with Crippen LogP contribution >= 0.6 is 11.3 Å². The molecule has 1 aliphatic heterocycles. The standard InChI is InChI=1S/C23H26N2O5S2/c1-4-14(2)21(26)25-11-10-18-19(13-25)31-23(20(18)22(27)30-3)32(28,29)24-17-9-8-15-6-5-7-16(15)12-17/h4,8-9,12,24H,5-7,10-11,13H2,1-3H3. The van der Waals surface area contributed by atoms with E-state index in [9.17, 15) is 18.0 Å². The van der Waals surface area contributed by atoms with Gasteiger partial charge < -0.3 is 9.64 Å². The summed E-state index contributed by atoms with van der Waals surface area (Å²) in [7, 11) is -2.78. The molecule has 9 heteroatoms. The largest absolute Gasteiger partial charge is 0.465 e. The molecule has 170 valence electrons. The lowest BCUT2D eigenvalue weighted by Crippen LogP contribution is -2.36. The average molecular weight is 475 g/mol. The van der Waals surface area contributed by atoms with Crippen LogP contribution in [0, 0.1) is 0 Å². The Kier molecular flexibility index (Phi) is 6.13. The molecule has 4 rings (SSSR count). The number of benzene rings is 1. The number of rotatable bonds is 5. The molecule has 32 heavy (non-hydrogen) atoms. The maximum absolute atomic E-state index is 13.3. The first-order chi connectivity index (χ1) is 15.2. The quantitative estimate of drug-likeness (QED) is 0.527. The molecule has 0 saturated carbocycles. The van der Waals surface area contributed by atoms with E-state index >= 15 is 0 Å². The Morgan fingerprint density at radius 2 is 1.94 bits per heavy atom. The van der Waals surface area contributed by atoms with E-state index in [4.69, 9.17) is 4.74 Å². The number of ether oxygens (including phenoxy) is 1. The van der Waals surface area contributed by atoms with Gasteiger partial charge >= 0.3 is 5.97 Å². The maximum Gasteiger partial charge on any atom is 0.340 e. The van der Waals surface area contributed by atoms with Crippen LogP contribution in [0.25, 0.3) is 0 Å². The van der Waals surface area contributed by atoms with E-state index in [-0.39, 0.29) is 22.2 Å². The second-order valence-corrected chi connectivity index (χ2v) is 11.0. The van der Waals surface area contributed by atoms with Crippen molar-refractivity contribution in [2.75, 3.05) is 18.4 Å². The summed E-state index contributed by atoms with van der Waals surface area (Å²) in [4.78, 5) is 27.6. The fourth-order valence-corrected chi connectivity index (χ4v) is 7.21. The first kappa shape index (κ1) is 22.5. The van der Waals surface area contributed by atoms with Gasteiger partial charge in [-0.05, 0) is 68.4 Å². The van der Waals surface area contributed by atoms with Crippen LogP contribution in [0.2, 0.25) is 0 Å². The molecule has 1 aliphatic carbocycles. The third-order valence-corrected chi connectivity index (χ3v) is 9.18. The molecule has 2 heterocycles. The van der Waals surface area contributed by atoms with Gasteiger partial charge in [0.15, 0.2) is 4.21 Å². The van der Waals surface area contributed by atoms with Crippen LogP contribution in [-0.4, -0.2) is 38.8 Å². The van der Waals surface area contributed by atoms with Crippen molar-refractivity contribution in [2.45, 2.75) is 50.3 Å². The van der Waals surface area contributed by atoms with Crippen LogP contribution in [-0.2, 0) is 45.4 Å². The molecular formula is C23H26N2O5S2. The summed E-state index contributed by atoms with van der Waals surface area (Å²) in [6.07, 6.45) is 5.16. The SMILES string of the molecule is CC=C(C)C(=O)N1CCc2c(sc(S(=O)(=O)Nc3ccc4c(c3)CCC4)c2C(=O)OC)C1. The smallest absolute Gasteiger partial charge is 0.340 e. The normalized spacial score (nSPS) is 15.8. The van der Waals surface area contributed by atoms with Crippen molar-refractivity contribution in [3.05, 3.63) is 57.0 Å². The number of amides is 1. The number of allylic oxidation sites excluding steroid dienone is 1. The number of fused-ring (bicyclic) bond motifs is 2. The number of anilines is 1. The summed E-state index contributed by atoms with van der Waals surface area (Å²) in [6.45, 7) is 4.23. The molecule has 0 unspecified atom stereocenters. The number of nitrogens with zero attached hydrogens (tertiary/aromatic N) is 1. The van der Waals surface area contributed by atoms with Crippen LogP contribution in [0.1, 0.15) is 52.2 Å². The molecule has 7 nitrogen and oxygen atoms in total. The zero-order valence-corrected chi connectivity index (χ0v) is 20.0. The second-order valence-electron chi connectivity index (χ2n) is 8.05. The van der Waals surface area contributed by atoms with Crippen molar-refractivity contribution in [3.8, 4) is 0 Å². The van der Waals surface area contributed by atoms with Gasteiger partial charge in [-0.2, -0.15) is 0 Å². The van der Waals surface area contributed by atoms with Gasteiger partial charge in [0.1, 0.15) is 0 Å². The molecule has 0 radical (unpaired) electrons. The van der Waals surface area contributed by atoms with E-state index < -0.39 is 16.0 Å². The predicted molar refractivity (Wildman–Crippen MR) is 123 cm³/mol. The van der Waals surface area contributed by atoms with Crippen molar-refractivity contribution in [3.63, 3.8) is 0 Å². The van der Waals surface area contributed by atoms with E-state index in [1.807, 2.05) is 12.1 Å². The van der Waals surface area contributed by atoms with Crippen LogP contribution in [0.4, 0.5) is 5.69 Å². The number of sulfonamides is 1. The molecular weight excluding hydrogens is 448 g/mol. The van der Waals surface area contributed by atoms with Gasteiger partial charge in [-0.25, -0.2) is 13.2 Å². The summed E-state index contributed by atoms with van der Waals surface area (Å²) in [5.74, 6) is -0.770. The molecule has 0 fully saturated rings. The van der Waals surface area contributed by atoms with Crippen LogP contribution in [0.3, 0.4) is 0 Å². The molecule has 0 spiro atoms. The van der Waals surface area contributed by atoms with Gasteiger partial charge in [0.25, 0.3) is 10.0 Å². The molecule has 1 N–H and O–H groups in total. The summed E-state index contributed by atoms with van der Waals surface area (Å²) in [6, 6.07) is 5.58. The molecule has 0 bridgehead atoms. The average Bonchev–Trinajstić information content (AvgIpc) is 3.41. The Bertz CT molecular complexity index is 1230. The number of carbonyl (C=O) groups is 2. The summed E-state index contributed by atoms with van der Waals surface area (Å²) in [5, 5.41) is 0. The summed E-state index contributed by atoms with van der Waals surface area (Å²) < 4.78 is 34.2. The highest BCUT2D eigenvalue weighted by molar-refractivity contribution is 7.94. The zero-order valence-electron chi connectivity index (χ0n) is 18.4. The topological polar surface area (TPSA) is 92.8 Å². The minimum atomic E-state index is -4.02. The zero-order chi connectivity index (χ0) is 23.0. The van der Waals surface area contributed by atoms with Gasteiger partial charge in [-0.15, -0.1) is 11.3 Å². The maximum atomic E-state index is 13.3. The number of esters is 1. The number of thiophene rings is 1. The van der Waals surface area contributed by atoms with Crippen molar-refractivity contribution in [1.82, 2.24) is 4.90 Å². The Labute approximate surface area is 192 Å². The highest BCUT2D eigenvalue weighted by Gasteiger charge is 2.35. The van der Waals surface area contributed by atoms with Crippen LogP contribution in [0.5, 0.6) is 0 Å². The highest BCUT2D eigenvalue weighted by Crippen LogP contribution is 2.38. The highest BCUT2D eigenvalue weighted by atomic mass is 32.2. The van der Waals surface area contributed by atoms with E-state index in [2.05, 4.69) is 4.72 Å². The lowest BCUT2D eigenvalue weighted by molar-refractivity contribution is -0.127. The number of hydrogen-bond acceptors (Lipinski definition) is 6. The van der Waals surface area contributed by atoms with E-state index in [1.165, 1.54) is 12.7 Å². The minimum absolute atomic E-state index is 0.0631. The minimum Gasteiger partial charge on any atom is -0.465 e. The fraction of sp³-hybridized carbons (Fsp3) is 0.391. The van der Waals surface area contributed by atoms with Crippen molar-refractivity contribution >= 4 is 38.9 Å². The summed E-state index contributed by atoms with van der Waals surface area (Å²) >= 11 is 1.03. The lowest BCUT2D eigenvalue weighted by atomic mass is 10.0. The van der Waals surface area contributed by atoms with Crippen molar-refractivity contribution in [1.29, 1.82) is 0 Å². The van der Waals surface area contributed by atoms with Crippen LogP contribution < -0.4 is 4.72 Å². The van der Waals surface area contributed by atoms with Gasteiger partial charge in [0.2, 0.25) is 5.91 Å². The lowest BCUT2D eigenvalue weighted by Gasteiger charge is -2.27. The summed E-state index contributed by atoms with van der Waals surface area (Å²) in [5.41, 5.74) is 4.24. The Hall–Kier alpha value is -2.65. The van der Waals surface area contributed by atoms with Crippen molar-refractivity contribution < 1.29 is 22.7 Å².